The zero-order valence-corrected chi connectivity index (χ0v) is 20.1. The van der Waals surface area contributed by atoms with Crippen molar-refractivity contribution in [3.05, 3.63) is 88.2 Å². The van der Waals surface area contributed by atoms with Gasteiger partial charge in [-0.15, -0.1) is 0 Å². The Morgan fingerprint density at radius 3 is 2.26 bits per heavy atom. The standard InChI is InChI=1S/C27H31ClFN3O2/c1-19-14-25(28)26(30)16-27(19)34-18-24(33)17-31-10-12-32(13-11-31)23-8-4-21(5-9-23)15-20-2-6-22(29)7-3-20/h2-9,14,16,24,33H,10-13,15,17-18,30H2,1H3/t24-/m0/s1. The number of aliphatic hydroxyl groups is 1. The van der Waals surface area contributed by atoms with E-state index in [-0.39, 0.29) is 12.4 Å². The summed E-state index contributed by atoms with van der Waals surface area (Å²) in [5, 5.41) is 11.0. The van der Waals surface area contributed by atoms with E-state index in [4.69, 9.17) is 22.1 Å². The van der Waals surface area contributed by atoms with Crippen LogP contribution in [0.2, 0.25) is 5.02 Å². The molecule has 1 atom stereocenters. The number of hydrogen-bond donors (Lipinski definition) is 2. The van der Waals surface area contributed by atoms with Gasteiger partial charge < -0.3 is 20.5 Å². The lowest BCUT2D eigenvalue weighted by Crippen LogP contribution is -2.49. The molecule has 5 nitrogen and oxygen atoms in total. The largest absolute Gasteiger partial charge is 0.490 e. The summed E-state index contributed by atoms with van der Waals surface area (Å²) in [5.74, 6) is 0.439. The molecule has 0 bridgehead atoms. The molecule has 0 amide bonds. The second-order valence-electron chi connectivity index (χ2n) is 8.86. The molecule has 0 aliphatic carbocycles. The minimum atomic E-state index is -0.589. The third-order valence-electron chi connectivity index (χ3n) is 6.19. The van der Waals surface area contributed by atoms with E-state index in [0.717, 1.165) is 43.7 Å². The highest BCUT2D eigenvalue weighted by molar-refractivity contribution is 6.33. The van der Waals surface area contributed by atoms with E-state index in [2.05, 4.69) is 34.1 Å². The van der Waals surface area contributed by atoms with Crippen molar-refractivity contribution in [3.8, 4) is 5.75 Å². The van der Waals surface area contributed by atoms with Crippen LogP contribution < -0.4 is 15.4 Å². The second kappa shape index (κ2) is 11.1. The van der Waals surface area contributed by atoms with Gasteiger partial charge in [0.1, 0.15) is 24.3 Å². The minimum absolute atomic E-state index is 0.206. The summed E-state index contributed by atoms with van der Waals surface area (Å²) in [6.45, 7) is 6.23. The number of rotatable bonds is 8. The van der Waals surface area contributed by atoms with E-state index in [1.807, 2.05) is 19.1 Å². The quantitative estimate of drug-likeness (QED) is 0.461. The number of β-amino-alcohol motifs (C(OH)–C–C–N with tert-alkyl or cyclic N) is 1. The molecular weight excluding hydrogens is 453 g/mol. The highest BCUT2D eigenvalue weighted by Gasteiger charge is 2.20. The average molecular weight is 484 g/mol. The second-order valence-corrected chi connectivity index (χ2v) is 9.27. The molecule has 0 unspecified atom stereocenters. The first-order valence-corrected chi connectivity index (χ1v) is 11.9. The average Bonchev–Trinajstić information content (AvgIpc) is 2.83. The summed E-state index contributed by atoms with van der Waals surface area (Å²) in [7, 11) is 0. The Hall–Kier alpha value is -2.80. The Balaban J connectivity index is 1.22. The summed E-state index contributed by atoms with van der Waals surface area (Å²) < 4.78 is 18.9. The predicted octanol–water partition coefficient (Wildman–Crippen LogP) is 4.52. The van der Waals surface area contributed by atoms with Crippen LogP contribution in [0.1, 0.15) is 16.7 Å². The fraction of sp³-hybridized carbons (Fsp3) is 0.333. The van der Waals surface area contributed by atoms with Gasteiger partial charge in [-0.3, -0.25) is 4.90 Å². The molecule has 3 aromatic rings. The van der Waals surface area contributed by atoms with Crippen molar-refractivity contribution in [1.82, 2.24) is 4.90 Å². The number of nitrogens with two attached hydrogens (primary N) is 1. The number of nitrogens with zero attached hydrogens (tertiary/aromatic N) is 2. The van der Waals surface area contributed by atoms with Crippen LogP contribution >= 0.6 is 11.6 Å². The molecule has 1 aliphatic rings. The summed E-state index contributed by atoms with van der Waals surface area (Å²) in [6, 6.07) is 18.7. The molecule has 1 aliphatic heterocycles. The van der Waals surface area contributed by atoms with Crippen LogP contribution in [-0.2, 0) is 6.42 Å². The number of benzene rings is 3. The van der Waals surface area contributed by atoms with Crippen LogP contribution in [0.25, 0.3) is 0 Å². The number of aryl methyl sites for hydroxylation is 1. The van der Waals surface area contributed by atoms with Crippen molar-refractivity contribution in [2.45, 2.75) is 19.4 Å². The molecule has 34 heavy (non-hydrogen) atoms. The van der Waals surface area contributed by atoms with Crippen LogP contribution in [0.3, 0.4) is 0 Å². The van der Waals surface area contributed by atoms with Crippen molar-refractivity contribution in [2.24, 2.45) is 0 Å². The van der Waals surface area contributed by atoms with Crippen LogP contribution in [0.4, 0.5) is 15.8 Å². The van der Waals surface area contributed by atoms with Crippen molar-refractivity contribution in [2.75, 3.05) is 50.0 Å². The van der Waals surface area contributed by atoms with Crippen LogP contribution in [-0.4, -0.2) is 55.4 Å². The Morgan fingerprint density at radius 1 is 1.00 bits per heavy atom. The van der Waals surface area contributed by atoms with Crippen LogP contribution in [0, 0.1) is 12.7 Å². The van der Waals surface area contributed by atoms with Crippen LogP contribution in [0.5, 0.6) is 5.75 Å². The fourth-order valence-electron chi connectivity index (χ4n) is 4.21. The van der Waals surface area contributed by atoms with E-state index in [9.17, 15) is 9.50 Å². The van der Waals surface area contributed by atoms with Crippen molar-refractivity contribution in [3.63, 3.8) is 0 Å². The number of anilines is 2. The van der Waals surface area contributed by atoms with E-state index in [1.54, 1.807) is 12.1 Å². The molecular formula is C27H31ClFN3O2. The molecule has 0 aromatic heterocycles. The first kappa shape index (κ1) is 24.3. The molecule has 1 fully saturated rings. The van der Waals surface area contributed by atoms with Gasteiger partial charge >= 0.3 is 0 Å². The summed E-state index contributed by atoms with van der Waals surface area (Å²) >= 11 is 6.03. The maximum Gasteiger partial charge on any atom is 0.124 e. The van der Waals surface area contributed by atoms with E-state index in [1.165, 1.54) is 23.4 Å². The third-order valence-corrected chi connectivity index (χ3v) is 6.52. The van der Waals surface area contributed by atoms with Gasteiger partial charge in [0.05, 0.1) is 10.7 Å². The van der Waals surface area contributed by atoms with E-state index in [0.29, 0.717) is 23.0 Å². The number of aliphatic hydroxyl groups excluding tert-OH is 1. The maximum atomic E-state index is 13.1. The highest BCUT2D eigenvalue weighted by atomic mass is 35.5. The molecule has 0 spiro atoms. The third kappa shape index (κ3) is 6.41. The van der Waals surface area contributed by atoms with Gasteiger partial charge in [-0.1, -0.05) is 35.9 Å². The van der Waals surface area contributed by atoms with Crippen molar-refractivity contribution in [1.29, 1.82) is 0 Å². The van der Waals surface area contributed by atoms with Crippen molar-refractivity contribution < 1.29 is 14.2 Å². The molecule has 4 rings (SSSR count). The normalized spacial score (nSPS) is 15.4. The van der Waals surface area contributed by atoms with Gasteiger partial charge in [0.2, 0.25) is 0 Å². The lowest BCUT2D eigenvalue weighted by molar-refractivity contribution is 0.0661. The van der Waals surface area contributed by atoms with Crippen molar-refractivity contribution >= 4 is 23.0 Å². The van der Waals surface area contributed by atoms with Gasteiger partial charge in [0.15, 0.2) is 0 Å². The van der Waals surface area contributed by atoms with Gasteiger partial charge in [-0.2, -0.15) is 0 Å². The number of hydrogen-bond acceptors (Lipinski definition) is 5. The molecule has 0 radical (unpaired) electrons. The smallest absolute Gasteiger partial charge is 0.124 e. The molecule has 1 saturated heterocycles. The summed E-state index contributed by atoms with van der Waals surface area (Å²) in [5.41, 5.74) is 10.7. The first-order chi connectivity index (χ1) is 16.4. The number of piperazine rings is 1. The maximum absolute atomic E-state index is 13.1. The fourth-order valence-corrected chi connectivity index (χ4v) is 4.43. The van der Waals surface area contributed by atoms with Gasteiger partial charge in [0.25, 0.3) is 0 Å². The lowest BCUT2D eigenvalue weighted by Gasteiger charge is -2.37. The first-order valence-electron chi connectivity index (χ1n) is 11.5. The van der Waals surface area contributed by atoms with Gasteiger partial charge in [-0.05, 0) is 60.4 Å². The number of ether oxygens (including phenoxy) is 1. The summed E-state index contributed by atoms with van der Waals surface area (Å²) in [6.07, 6.45) is 0.199. The zero-order valence-electron chi connectivity index (χ0n) is 19.4. The number of nitrogen functional groups attached to an aromatic ring is 1. The SMILES string of the molecule is Cc1cc(Cl)c(N)cc1OC[C@@H](O)CN1CCN(c2ccc(Cc3ccc(F)cc3)cc2)CC1. The minimum Gasteiger partial charge on any atom is -0.490 e. The monoisotopic (exact) mass is 483 g/mol. The molecule has 7 heteroatoms. The molecule has 3 aromatic carbocycles. The Morgan fingerprint density at radius 2 is 1.62 bits per heavy atom. The Labute approximate surface area is 205 Å². The molecule has 3 N–H and O–H groups in total. The van der Waals surface area contributed by atoms with E-state index >= 15 is 0 Å². The van der Waals surface area contributed by atoms with E-state index < -0.39 is 6.10 Å². The highest BCUT2D eigenvalue weighted by Crippen LogP contribution is 2.28. The van der Waals surface area contributed by atoms with Gasteiger partial charge in [-0.25, -0.2) is 4.39 Å². The number of halogens is 2. The zero-order chi connectivity index (χ0) is 24.1. The lowest BCUT2D eigenvalue weighted by atomic mass is 10.0. The molecule has 0 saturated carbocycles. The van der Waals surface area contributed by atoms with Gasteiger partial charge in [0, 0.05) is 44.5 Å². The van der Waals surface area contributed by atoms with Crippen LogP contribution in [0.15, 0.2) is 60.7 Å². The Bertz CT molecular complexity index is 1080. The molecule has 180 valence electrons. The summed E-state index contributed by atoms with van der Waals surface area (Å²) in [4.78, 5) is 4.62. The topological polar surface area (TPSA) is 62.0 Å². The predicted molar refractivity (Wildman–Crippen MR) is 136 cm³/mol. The molecule has 1 heterocycles. The Kier molecular flexibility index (Phi) is 7.93.